The molecule has 0 aliphatic rings. The van der Waals surface area contributed by atoms with E-state index in [1.54, 1.807) is 0 Å². The van der Waals surface area contributed by atoms with Crippen molar-refractivity contribution < 1.29 is 39.6 Å². The average Bonchev–Trinajstić information content (AvgIpc) is 2.65. The van der Waals surface area contributed by atoms with Gasteiger partial charge in [0.15, 0.2) is 0 Å². The Bertz CT molecular complexity index is 542. The fourth-order valence-corrected chi connectivity index (χ4v) is 3.35. The van der Waals surface area contributed by atoms with Gasteiger partial charge in [-0.15, -0.1) is 0 Å². The summed E-state index contributed by atoms with van der Waals surface area (Å²) in [4.78, 5) is 42.1. The molecule has 8 nitrogen and oxygen atoms in total. The van der Waals surface area contributed by atoms with Gasteiger partial charge in [-0.2, -0.15) is 0 Å². The zero-order valence-electron chi connectivity index (χ0n) is 19.6. The summed E-state index contributed by atoms with van der Waals surface area (Å²) >= 11 is 0. The maximum absolute atomic E-state index is 10.7. The summed E-state index contributed by atoms with van der Waals surface area (Å²) < 4.78 is 0. The molecule has 0 aromatic carbocycles. The molecule has 0 saturated carbocycles. The van der Waals surface area contributed by atoms with Gasteiger partial charge in [-0.1, -0.05) is 59.8 Å². The third-order valence-corrected chi connectivity index (χ3v) is 5.84. The number of hydrogen-bond donors (Lipinski definition) is 4. The van der Waals surface area contributed by atoms with Gasteiger partial charge in [0.25, 0.3) is 0 Å². The maximum atomic E-state index is 10.7. The number of hydrogen-bond acceptors (Lipinski definition) is 4. The second-order valence-electron chi connectivity index (χ2n) is 8.81. The summed E-state index contributed by atoms with van der Waals surface area (Å²) in [5.74, 6) is -3.44. The predicted octanol–water partition coefficient (Wildman–Crippen LogP) is 5.29. The van der Waals surface area contributed by atoms with Gasteiger partial charge in [-0.05, 0) is 36.5 Å². The summed E-state index contributed by atoms with van der Waals surface area (Å²) in [5, 5.41) is 34.6. The van der Waals surface area contributed by atoms with E-state index in [4.69, 9.17) is 20.4 Å². The molecule has 0 amide bonds. The van der Waals surface area contributed by atoms with Crippen LogP contribution in [0.3, 0.4) is 0 Å². The molecule has 2 unspecified atom stereocenters. The van der Waals surface area contributed by atoms with Gasteiger partial charge >= 0.3 is 23.9 Å². The molecule has 182 valence electrons. The smallest absolute Gasteiger partial charge is 0.303 e. The fourth-order valence-electron chi connectivity index (χ4n) is 3.35. The Kier molecular flexibility index (Phi) is 17.6. The van der Waals surface area contributed by atoms with Crippen molar-refractivity contribution in [1.29, 1.82) is 0 Å². The molecule has 0 aliphatic carbocycles. The van der Waals surface area contributed by atoms with Gasteiger partial charge in [0.1, 0.15) is 0 Å². The molecule has 4 N–H and O–H groups in total. The van der Waals surface area contributed by atoms with E-state index >= 15 is 0 Å². The lowest BCUT2D eigenvalue weighted by Gasteiger charge is -2.32. The van der Waals surface area contributed by atoms with Crippen LogP contribution in [-0.4, -0.2) is 44.3 Å². The number of aliphatic carboxylic acids is 4. The topological polar surface area (TPSA) is 149 Å². The molecule has 0 spiro atoms. The van der Waals surface area contributed by atoms with Crippen molar-refractivity contribution in [3.63, 3.8) is 0 Å². The van der Waals surface area contributed by atoms with E-state index in [-0.39, 0.29) is 42.9 Å². The summed E-state index contributed by atoms with van der Waals surface area (Å²) in [7, 11) is 0. The first-order chi connectivity index (χ1) is 14.3. The molecule has 0 saturated heterocycles. The van der Waals surface area contributed by atoms with E-state index in [0.29, 0.717) is 12.8 Å². The van der Waals surface area contributed by atoms with Crippen LogP contribution >= 0.6 is 0 Å². The van der Waals surface area contributed by atoms with Crippen LogP contribution in [0.15, 0.2) is 0 Å². The molecular weight excluding hydrogens is 404 g/mol. The quantitative estimate of drug-likeness (QED) is 0.220. The van der Waals surface area contributed by atoms with E-state index < -0.39 is 23.9 Å². The van der Waals surface area contributed by atoms with Gasteiger partial charge in [-0.25, -0.2) is 0 Å². The van der Waals surface area contributed by atoms with Gasteiger partial charge in [0.2, 0.25) is 0 Å². The van der Waals surface area contributed by atoms with E-state index in [2.05, 4.69) is 6.92 Å². The molecule has 0 aromatic rings. The highest BCUT2D eigenvalue weighted by Crippen LogP contribution is 2.36. The van der Waals surface area contributed by atoms with Crippen molar-refractivity contribution in [2.24, 2.45) is 17.3 Å². The van der Waals surface area contributed by atoms with E-state index in [1.165, 1.54) is 6.42 Å². The number of carbonyl (C=O) groups is 4. The first-order valence-electron chi connectivity index (χ1n) is 11.2. The molecule has 0 heterocycles. The van der Waals surface area contributed by atoms with Crippen LogP contribution in [0.2, 0.25) is 0 Å². The second kappa shape index (κ2) is 17.5. The minimum absolute atomic E-state index is 0.0189. The first-order valence-corrected chi connectivity index (χ1v) is 11.2. The van der Waals surface area contributed by atoms with Crippen LogP contribution in [0.4, 0.5) is 0 Å². The van der Waals surface area contributed by atoms with Crippen molar-refractivity contribution >= 4 is 23.9 Å². The van der Waals surface area contributed by atoms with Crippen LogP contribution in [0.25, 0.3) is 0 Å². The summed E-state index contributed by atoms with van der Waals surface area (Å²) in [6.07, 6.45) is 7.30. The molecule has 0 aromatic heterocycles. The zero-order valence-corrected chi connectivity index (χ0v) is 19.6. The van der Waals surface area contributed by atoms with Crippen molar-refractivity contribution in [3.05, 3.63) is 0 Å². The van der Waals surface area contributed by atoms with Gasteiger partial charge < -0.3 is 20.4 Å². The average molecular weight is 447 g/mol. The van der Waals surface area contributed by atoms with Crippen LogP contribution < -0.4 is 0 Å². The Labute approximate surface area is 186 Å². The molecule has 0 bridgehead atoms. The Morgan fingerprint density at radius 2 is 1.19 bits per heavy atom. The Morgan fingerprint density at radius 3 is 1.61 bits per heavy atom. The van der Waals surface area contributed by atoms with Crippen molar-refractivity contribution in [2.45, 2.75) is 105 Å². The van der Waals surface area contributed by atoms with Crippen molar-refractivity contribution in [1.82, 2.24) is 0 Å². The van der Waals surface area contributed by atoms with Gasteiger partial charge in [0.05, 0.1) is 0 Å². The Balaban J connectivity index is 0. The maximum Gasteiger partial charge on any atom is 0.303 e. The largest absolute Gasteiger partial charge is 0.481 e. The lowest BCUT2D eigenvalue weighted by molar-refractivity contribution is -0.141. The van der Waals surface area contributed by atoms with E-state index in [0.717, 1.165) is 32.1 Å². The van der Waals surface area contributed by atoms with Crippen LogP contribution in [0.5, 0.6) is 0 Å². The number of rotatable bonds is 17. The number of unbranched alkanes of at least 4 members (excludes halogenated alkanes) is 3. The predicted molar refractivity (Wildman–Crippen MR) is 118 cm³/mol. The summed E-state index contributed by atoms with van der Waals surface area (Å²) in [5.41, 5.74) is -0.117. The molecule has 31 heavy (non-hydrogen) atoms. The third kappa shape index (κ3) is 19.6. The highest BCUT2D eigenvalue weighted by molar-refractivity contribution is 5.69. The fraction of sp³-hybridized carbons (Fsp3) is 0.826. The van der Waals surface area contributed by atoms with Crippen LogP contribution in [0.1, 0.15) is 105 Å². The first kappa shape index (κ1) is 31.1. The minimum Gasteiger partial charge on any atom is -0.481 e. The number of carboxylic acid groups (broad SMARTS) is 4. The van der Waals surface area contributed by atoms with Gasteiger partial charge in [-0.3, -0.25) is 19.2 Å². The normalized spacial score (nSPS) is 12.9. The molecule has 0 radical (unpaired) electrons. The van der Waals surface area contributed by atoms with E-state index in [9.17, 15) is 19.2 Å². The lowest BCUT2D eigenvalue weighted by atomic mass is 9.73. The van der Waals surface area contributed by atoms with Crippen molar-refractivity contribution in [3.8, 4) is 0 Å². The lowest BCUT2D eigenvalue weighted by Crippen LogP contribution is -2.26. The highest BCUT2D eigenvalue weighted by Gasteiger charge is 2.29. The highest BCUT2D eigenvalue weighted by atomic mass is 16.4. The summed E-state index contributed by atoms with van der Waals surface area (Å²) in [6.45, 7) is 8.10. The third-order valence-electron chi connectivity index (χ3n) is 5.84. The van der Waals surface area contributed by atoms with Crippen LogP contribution in [0, 0.1) is 17.3 Å². The number of carboxylic acids is 4. The molecule has 2 atom stereocenters. The Hall–Kier alpha value is -2.12. The molecule has 8 heteroatoms. The minimum atomic E-state index is -0.864. The molecular formula is C23H42O8. The monoisotopic (exact) mass is 446 g/mol. The van der Waals surface area contributed by atoms with Crippen molar-refractivity contribution in [2.75, 3.05) is 0 Å². The standard InChI is InChI=1S/C12H22O4.C11H20O4/c1-2-3-4-5-6-10(9-12(15)16)7-8-11(13)14;1-4-11(2,3)8(7-10(14)15)5-6-9(12)13/h10H,2-9H2,1H3,(H,13,14)(H,15,16);8H,4-7H2,1-3H3,(H,12,13)(H,14,15). The SMILES string of the molecule is CCC(C)(C)C(CCC(=O)O)CC(=O)O.CCCCCCC(CCC(=O)O)CC(=O)O. The van der Waals surface area contributed by atoms with Crippen LogP contribution in [-0.2, 0) is 19.2 Å². The Morgan fingerprint density at radius 1 is 0.677 bits per heavy atom. The summed E-state index contributed by atoms with van der Waals surface area (Å²) in [6, 6.07) is 0. The second-order valence-corrected chi connectivity index (χ2v) is 8.81. The zero-order chi connectivity index (χ0) is 24.4. The molecule has 0 fully saturated rings. The molecule has 0 aliphatic heterocycles. The van der Waals surface area contributed by atoms with E-state index in [1.807, 2.05) is 20.8 Å². The van der Waals surface area contributed by atoms with Gasteiger partial charge in [0, 0.05) is 25.7 Å². The molecule has 0 rings (SSSR count).